The van der Waals surface area contributed by atoms with Crippen LogP contribution in [-0.4, -0.2) is 17.9 Å². The number of aryl methyl sites for hydroxylation is 2. The first-order chi connectivity index (χ1) is 11.3. The molecule has 0 saturated carbocycles. The quantitative estimate of drug-likeness (QED) is 0.670. The summed E-state index contributed by atoms with van der Waals surface area (Å²) in [5, 5.41) is 14.0. The maximum Gasteiger partial charge on any atom is 0.282 e. The Morgan fingerprint density at radius 2 is 1.79 bits per heavy atom. The molecule has 2 aromatic rings. The summed E-state index contributed by atoms with van der Waals surface area (Å²) >= 11 is 0. The van der Waals surface area contributed by atoms with E-state index >= 15 is 0 Å². The molecule has 2 aromatic carbocycles. The second kappa shape index (κ2) is 7.12. The molecule has 1 amide bonds. The zero-order valence-corrected chi connectivity index (χ0v) is 14.1. The second-order valence-corrected chi connectivity index (χ2v) is 5.76. The number of amides is 1. The highest BCUT2D eigenvalue weighted by Crippen LogP contribution is 2.25. The van der Waals surface area contributed by atoms with Gasteiger partial charge in [0.1, 0.15) is 11.3 Å². The third-order valence-electron chi connectivity index (χ3n) is 3.74. The van der Waals surface area contributed by atoms with Crippen LogP contribution in [0.4, 0.5) is 5.69 Å². The lowest BCUT2D eigenvalue weighted by atomic mass is 10.0. The lowest BCUT2D eigenvalue weighted by Crippen LogP contribution is -2.27. The number of nitrogens with zero attached hydrogens (tertiary/aromatic N) is 1. The monoisotopic (exact) mass is 328 g/mol. The van der Waals surface area contributed by atoms with Gasteiger partial charge in [-0.05, 0) is 38.5 Å². The number of carbonyl (C=O) groups excluding carboxylic acids is 1. The molecule has 1 atom stereocenters. The van der Waals surface area contributed by atoms with E-state index in [1.54, 1.807) is 0 Å². The van der Waals surface area contributed by atoms with Crippen molar-refractivity contribution in [1.82, 2.24) is 5.32 Å². The summed E-state index contributed by atoms with van der Waals surface area (Å²) < 4.78 is 5.06. The molecule has 0 aliphatic heterocycles. The standard InChI is InChI=1S/C18H20N2O4/c1-11-7-12(2)9-14(8-11)13(3)19-18(21)16-10-15(24-4)5-6-17(16)20(22)23/h5-10,13H,1-4H3,(H,19,21). The Morgan fingerprint density at radius 1 is 1.17 bits per heavy atom. The molecule has 1 unspecified atom stereocenters. The molecule has 1 N–H and O–H groups in total. The van der Waals surface area contributed by atoms with E-state index in [1.165, 1.54) is 25.3 Å². The van der Waals surface area contributed by atoms with E-state index in [1.807, 2.05) is 39.0 Å². The van der Waals surface area contributed by atoms with Crippen molar-refractivity contribution in [1.29, 1.82) is 0 Å². The summed E-state index contributed by atoms with van der Waals surface area (Å²) in [5.74, 6) is -0.114. The van der Waals surface area contributed by atoms with Crippen molar-refractivity contribution < 1.29 is 14.5 Å². The topological polar surface area (TPSA) is 81.5 Å². The van der Waals surface area contributed by atoms with E-state index in [0.29, 0.717) is 5.75 Å². The van der Waals surface area contributed by atoms with Gasteiger partial charge in [0.25, 0.3) is 11.6 Å². The summed E-state index contributed by atoms with van der Waals surface area (Å²) in [4.78, 5) is 23.1. The van der Waals surface area contributed by atoms with Crippen molar-refractivity contribution in [3.05, 3.63) is 68.8 Å². The fraction of sp³-hybridized carbons (Fsp3) is 0.278. The Kier molecular flexibility index (Phi) is 5.18. The SMILES string of the molecule is COc1ccc([N+](=O)[O-])c(C(=O)NC(C)c2cc(C)cc(C)c2)c1. The van der Waals surface area contributed by atoms with Crippen LogP contribution >= 0.6 is 0 Å². The van der Waals surface area contributed by atoms with Gasteiger partial charge < -0.3 is 10.1 Å². The number of methoxy groups -OCH3 is 1. The average molecular weight is 328 g/mol. The van der Waals surface area contributed by atoms with Gasteiger partial charge in [-0.2, -0.15) is 0 Å². The zero-order chi connectivity index (χ0) is 17.9. The van der Waals surface area contributed by atoms with Gasteiger partial charge in [-0.1, -0.05) is 29.3 Å². The Balaban J connectivity index is 2.30. The molecule has 0 fully saturated rings. The van der Waals surface area contributed by atoms with Gasteiger partial charge in [0.15, 0.2) is 0 Å². The highest BCUT2D eigenvalue weighted by Gasteiger charge is 2.22. The number of carbonyl (C=O) groups is 1. The summed E-state index contributed by atoms with van der Waals surface area (Å²) in [6.45, 7) is 5.81. The molecule has 0 saturated heterocycles. The van der Waals surface area contributed by atoms with Crippen LogP contribution in [-0.2, 0) is 0 Å². The normalized spacial score (nSPS) is 11.7. The molecule has 0 aliphatic carbocycles. The fourth-order valence-corrected chi connectivity index (χ4v) is 2.60. The minimum Gasteiger partial charge on any atom is -0.497 e. The van der Waals surface area contributed by atoms with Gasteiger partial charge in [0.05, 0.1) is 18.1 Å². The number of nitro benzene ring substituents is 1. The molecule has 2 rings (SSSR count). The van der Waals surface area contributed by atoms with Gasteiger partial charge in [0, 0.05) is 6.07 Å². The number of ether oxygens (including phenoxy) is 1. The minimum atomic E-state index is -0.574. The van der Waals surface area contributed by atoms with E-state index < -0.39 is 10.8 Å². The molecular weight excluding hydrogens is 308 g/mol. The largest absolute Gasteiger partial charge is 0.497 e. The molecule has 0 radical (unpaired) electrons. The highest BCUT2D eigenvalue weighted by atomic mass is 16.6. The first kappa shape index (κ1) is 17.5. The van der Waals surface area contributed by atoms with Crippen LogP contribution in [0.3, 0.4) is 0 Å². The fourth-order valence-electron chi connectivity index (χ4n) is 2.60. The van der Waals surface area contributed by atoms with Crippen molar-refractivity contribution in [2.75, 3.05) is 7.11 Å². The van der Waals surface area contributed by atoms with Crippen molar-refractivity contribution in [3.8, 4) is 5.75 Å². The second-order valence-electron chi connectivity index (χ2n) is 5.76. The third kappa shape index (κ3) is 3.90. The predicted molar refractivity (Wildman–Crippen MR) is 91.4 cm³/mol. The van der Waals surface area contributed by atoms with Gasteiger partial charge in [-0.25, -0.2) is 0 Å². The van der Waals surface area contributed by atoms with Crippen molar-refractivity contribution in [2.45, 2.75) is 26.8 Å². The number of nitro groups is 1. The van der Waals surface area contributed by atoms with Crippen LogP contribution in [0.2, 0.25) is 0 Å². The van der Waals surface area contributed by atoms with Crippen molar-refractivity contribution in [2.24, 2.45) is 0 Å². The van der Waals surface area contributed by atoms with Crippen LogP contribution in [0.15, 0.2) is 36.4 Å². The summed E-state index contributed by atoms with van der Waals surface area (Å²) in [6, 6.07) is 9.85. The van der Waals surface area contributed by atoms with Crippen molar-refractivity contribution in [3.63, 3.8) is 0 Å². The molecule has 0 heterocycles. The van der Waals surface area contributed by atoms with Gasteiger partial charge in [-0.3, -0.25) is 14.9 Å². The molecule has 6 heteroatoms. The minimum absolute atomic E-state index is 0.0180. The lowest BCUT2D eigenvalue weighted by Gasteiger charge is -2.16. The highest BCUT2D eigenvalue weighted by molar-refractivity contribution is 5.98. The van der Waals surface area contributed by atoms with Crippen LogP contribution in [0, 0.1) is 24.0 Å². The van der Waals surface area contributed by atoms with E-state index in [0.717, 1.165) is 16.7 Å². The zero-order valence-electron chi connectivity index (χ0n) is 14.1. The Hall–Kier alpha value is -2.89. The first-order valence-corrected chi connectivity index (χ1v) is 7.53. The molecule has 0 bridgehead atoms. The molecule has 6 nitrogen and oxygen atoms in total. The molecule has 24 heavy (non-hydrogen) atoms. The predicted octanol–water partition coefficient (Wildman–Crippen LogP) is 3.71. The van der Waals surface area contributed by atoms with Crippen LogP contribution < -0.4 is 10.1 Å². The molecule has 0 aromatic heterocycles. The average Bonchev–Trinajstić information content (AvgIpc) is 2.53. The number of hydrogen-bond donors (Lipinski definition) is 1. The number of benzene rings is 2. The van der Waals surface area contributed by atoms with Crippen LogP contribution in [0.5, 0.6) is 5.75 Å². The van der Waals surface area contributed by atoms with Gasteiger partial charge in [-0.15, -0.1) is 0 Å². The van der Waals surface area contributed by atoms with E-state index in [2.05, 4.69) is 5.32 Å². The Morgan fingerprint density at radius 3 is 2.33 bits per heavy atom. The number of rotatable bonds is 5. The van der Waals surface area contributed by atoms with E-state index in [-0.39, 0.29) is 17.3 Å². The summed E-state index contributed by atoms with van der Waals surface area (Å²) in [5.41, 5.74) is 2.87. The third-order valence-corrected chi connectivity index (χ3v) is 3.74. The van der Waals surface area contributed by atoms with Crippen molar-refractivity contribution >= 4 is 11.6 Å². The molecule has 0 spiro atoms. The summed E-state index contributed by atoms with van der Waals surface area (Å²) in [7, 11) is 1.45. The van der Waals surface area contributed by atoms with Crippen LogP contribution in [0.1, 0.15) is 40.0 Å². The Labute approximate surface area is 140 Å². The van der Waals surface area contributed by atoms with E-state index in [9.17, 15) is 14.9 Å². The number of nitrogens with one attached hydrogen (secondary N) is 1. The molecule has 0 aliphatic rings. The number of hydrogen-bond acceptors (Lipinski definition) is 4. The summed E-state index contributed by atoms with van der Waals surface area (Å²) in [6.07, 6.45) is 0. The van der Waals surface area contributed by atoms with Crippen LogP contribution in [0.25, 0.3) is 0 Å². The van der Waals surface area contributed by atoms with E-state index in [4.69, 9.17) is 4.74 Å². The lowest BCUT2D eigenvalue weighted by molar-refractivity contribution is -0.385. The maximum atomic E-state index is 12.5. The maximum absolute atomic E-state index is 12.5. The smallest absolute Gasteiger partial charge is 0.282 e. The molecule has 126 valence electrons. The van der Waals surface area contributed by atoms with Gasteiger partial charge in [0.2, 0.25) is 0 Å². The van der Waals surface area contributed by atoms with Gasteiger partial charge >= 0.3 is 0 Å². The Bertz CT molecular complexity index is 766. The molecular formula is C18H20N2O4. The first-order valence-electron chi connectivity index (χ1n) is 7.53.